The molecule has 0 fully saturated rings. The van der Waals surface area contributed by atoms with Gasteiger partial charge >= 0.3 is 6.36 Å². The van der Waals surface area contributed by atoms with Gasteiger partial charge in [0.05, 0.1) is 0 Å². The lowest BCUT2D eigenvalue weighted by molar-refractivity contribution is -0.274. The van der Waals surface area contributed by atoms with Crippen LogP contribution in [0.2, 0.25) is 0 Å². The van der Waals surface area contributed by atoms with Gasteiger partial charge in [-0.1, -0.05) is 18.2 Å². The Morgan fingerprint density at radius 2 is 1.78 bits per heavy atom. The zero-order valence-corrected chi connectivity index (χ0v) is 14.4. The van der Waals surface area contributed by atoms with Gasteiger partial charge in [0.25, 0.3) is 0 Å². The molecule has 27 heavy (non-hydrogen) atoms. The number of hydrogen-bond donors (Lipinski definition) is 1. The van der Waals surface area contributed by atoms with Gasteiger partial charge in [0.2, 0.25) is 5.91 Å². The Bertz CT molecular complexity index is 862. The van der Waals surface area contributed by atoms with Crippen molar-refractivity contribution >= 4 is 17.4 Å². The molecule has 2 aromatic carbocycles. The van der Waals surface area contributed by atoms with E-state index in [-0.39, 0.29) is 24.3 Å². The third-order valence-electron chi connectivity index (χ3n) is 4.35. The van der Waals surface area contributed by atoms with Crippen molar-refractivity contribution in [1.82, 2.24) is 0 Å². The zero-order chi connectivity index (χ0) is 19.4. The van der Waals surface area contributed by atoms with Crippen molar-refractivity contribution in [1.29, 1.82) is 0 Å². The monoisotopic (exact) mass is 377 g/mol. The average Bonchev–Trinajstić information content (AvgIpc) is 3.06. The fourth-order valence-electron chi connectivity index (χ4n) is 3.11. The highest BCUT2D eigenvalue weighted by molar-refractivity contribution is 6.00. The Hall–Kier alpha value is -2.83. The number of fused-ring (bicyclic) bond motifs is 1. The first kappa shape index (κ1) is 18.9. The summed E-state index contributed by atoms with van der Waals surface area (Å²) in [5.74, 6) is -1.00. The Balaban J connectivity index is 1.54. The smallest absolute Gasteiger partial charge is 0.406 e. The molecule has 0 bridgehead atoms. The summed E-state index contributed by atoms with van der Waals surface area (Å²) in [5.41, 5.74) is 3.22. The van der Waals surface area contributed by atoms with Crippen LogP contribution in [0.1, 0.15) is 40.7 Å². The Kier molecular flexibility index (Phi) is 5.48. The van der Waals surface area contributed by atoms with Crippen LogP contribution in [0.5, 0.6) is 5.75 Å². The number of aryl methyl sites for hydroxylation is 2. The maximum absolute atomic E-state index is 12.3. The number of amides is 1. The number of hydrogen-bond acceptors (Lipinski definition) is 3. The van der Waals surface area contributed by atoms with Crippen LogP contribution in [-0.2, 0) is 17.6 Å². The van der Waals surface area contributed by atoms with Crippen LogP contribution in [0.4, 0.5) is 18.9 Å². The van der Waals surface area contributed by atoms with Crippen molar-refractivity contribution in [2.75, 3.05) is 5.32 Å². The fraction of sp³-hybridized carbons (Fsp3) is 0.300. The summed E-state index contributed by atoms with van der Waals surface area (Å²) in [4.78, 5) is 24.3. The van der Waals surface area contributed by atoms with Gasteiger partial charge in [-0.15, -0.1) is 13.2 Å². The molecule has 0 saturated heterocycles. The first-order valence-corrected chi connectivity index (χ1v) is 8.61. The molecular formula is C20H18F3NO3. The van der Waals surface area contributed by atoms with Crippen LogP contribution in [-0.4, -0.2) is 18.1 Å². The highest BCUT2D eigenvalue weighted by Crippen LogP contribution is 2.26. The molecule has 3 rings (SSSR count). The number of anilines is 1. The van der Waals surface area contributed by atoms with Gasteiger partial charge in [-0.3, -0.25) is 9.59 Å². The van der Waals surface area contributed by atoms with E-state index in [1.54, 1.807) is 6.07 Å². The van der Waals surface area contributed by atoms with Crippen LogP contribution in [0.15, 0.2) is 42.5 Å². The zero-order valence-electron chi connectivity index (χ0n) is 14.4. The predicted molar refractivity (Wildman–Crippen MR) is 93.8 cm³/mol. The second-order valence-electron chi connectivity index (χ2n) is 6.38. The van der Waals surface area contributed by atoms with Crippen molar-refractivity contribution in [3.63, 3.8) is 0 Å². The minimum atomic E-state index is -4.80. The van der Waals surface area contributed by atoms with Crippen LogP contribution in [0.3, 0.4) is 0 Å². The van der Waals surface area contributed by atoms with E-state index in [0.717, 1.165) is 31.4 Å². The average molecular weight is 377 g/mol. The van der Waals surface area contributed by atoms with Crippen molar-refractivity contribution in [2.24, 2.45) is 0 Å². The molecule has 0 aliphatic heterocycles. The molecule has 0 spiro atoms. The van der Waals surface area contributed by atoms with Gasteiger partial charge in [-0.2, -0.15) is 0 Å². The van der Waals surface area contributed by atoms with Crippen molar-refractivity contribution in [3.8, 4) is 5.75 Å². The van der Waals surface area contributed by atoms with E-state index in [0.29, 0.717) is 5.56 Å². The molecule has 4 nitrogen and oxygen atoms in total. The van der Waals surface area contributed by atoms with Crippen LogP contribution in [0, 0.1) is 0 Å². The van der Waals surface area contributed by atoms with Crippen molar-refractivity contribution in [2.45, 2.75) is 38.5 Å². The Morgan fingerprint density at radius 3 is 2.56 bits per heavy atom. The lowest BCUT2D eigenvalue weighted by Crippen LogP contribution is -2.17. The number of carbonyl (C=O) groups is 2. The summed E-state index contributed by atoms with van der Waals surface area (Å²) in [5, 5.41) is 2.48. The highest BCUT2D eigenvalue weighted by atomic mass is 19.4. The maximum atomic E-state index is 12.3. The van der Waals surface area contributed by atoms with Crippen LogP contribution >= 0.6 is 0 Å². The molecule has 1 aliphatic carbocycles. The summed E-state index contributed by atoms with van der Waals surface area (Å²) in [6.07, 6.45) is -1.74. The molecule has 0 heterocycles. The number of alkyl halides is 3. The van der Waals surface area contributed by atoms with Crippen LogP contribution < -0.4 is 10.1 Å². The van der Waals surface area contributed by atoms with Crippen LogP contribution in [0.25, 0.3) is 0 Å². The number of ketones is 1. The van der Waals surface area contributed by atoms with Gasteiger partial charge in [-0.25, -0.2) is 0 Å². The standard InChI is InChI=1S/C20H18F3NO3/c21-20(22,23)27-17-6-2-5-16(12-17)24-19(26)10-9-18(25)15-8-7-13-3-1-4-14(13)11-15/h2,5-8,11-12H,1,3-4,9-10H2,(H,24,26). The molecule has 0 aromatic heterocycles. The molecule has 0 atom stereocenters. The number of benzene rings is 2. The van der Waals surface area contributed by atoms with Gasteiger partial charge in [0, 0.05) is 30.2 Å². The minimum absolute atomic E-state index is 0.0311. The van der Waals surface area contributed by atoms with E-state index in [1.165, 1.54) is 23.3 Å². The number of Topliss-reactive ketones (excluding diaryl/α,β-unsaturated/α-hetero) is 1. The van der Waals surface area contributed by atoms with E-state index in [4.69, 9.17) is 0 Å². The summed E-state index contributed by atoms with van der Waals surface area (Å²) in [7, 11) is 0. The third-order valence-corrected chi connectivity index (χ3v) is 4.35. The first-order valence-electron chi connectivity index (χ1n) is 8.61. The van der Waals surface area contributed by atoms with E-state index < -0.39 is 18.0 Å². The molecule has 1 aliphatic rings. The van der Waals surface area contributed by atoms with E-state index in [1.807, 2.05) is 12.1 Å². The largest absolute Gasteiger partial charge is 0.573 e. The van der Waals surface area contributed by atoms with E-state index >= 15 is 0 Å². The Labute approximate surface area is 154 Å². The molecule has 2 aromatic rings. The Morgan fingerprint density at radius 1 is 1.00 bits per heavy atom. The summed E-state index contributed by atoms with van der Waals surface area (Å²) >= 11 is 0. The number of carbonyl (C=O) groups excluding carboxylic acids is 2. The molecule has 1 N–H and O–H groups in total. The lowest BCUT2D eigenvalue weighted by atomic mass is 10.0. The number of nitrogens with one attached hydrogen (secondary N) is 1. The van der Waals surface area contributed by atoms with Crippen molar-refractivity contribution in [3.05, 3.63) is 59.2 Å². The number of halogens is 3. The molecular weight excluding hydrogens is 359 g/mol. The fourth-order valence-corrected chi connectivity index (χ4v) is 3.11. The SMILES string of the molecule is O=C(CCC(=O)c1ccc2c(c1)CCC2)Nc1cccc(OC(F)(F)F)c1. The molecule has 0 unspecified atom stereocenters. The number of ether oxygens (including phenoxy) is 1. The second kappa shape index (κ2) is 7.82. The highest BCUT2D eigenvalue weighted by Gasteiger charge is 2.31. The molecule has 1 amide bonds. The summed E-state index contributed by atoms with van der Waals surface area (Å²) < 4.78 is 40.5. The maximum Gasteiger partial charge on any atom is 0.573 e. The summed E-state index contributed by atoms with van der Waals surface area (Å²) in [6, 6.07) is 10.6. The molecule has 0 radical (unpaired) electrons. The topological polar surface area (TPSA) is 55.4 Å². The minimum Gasteiger partial charge on any atom is -0.406 e. The van der Waals surface area contributed by atoms with Gasteiger partial charge in [0.15, 0.2) is 5.78 Å². The second-order valence-corrected chi connectivity index (χ2v) is 6.38. The first-order chi connectivity index (χ1) is 12.8. The van der Waals surface area contributed by atoms with Gasteiger partial charge in [0.1, 0.15) is 5.75 Å². The van der Waals surface area contributed by atoms with Crippen molar-refractivity contribution < 1.29 is 27.5 Å². The molecule has 0 saturated carbocycles. The summed E-state index contributed by atoms with van der Waals surface area (Å²) in [6.45, 7) is 0. The van der Waals surface area contributed by atoms with Gasteiger partial charge < -0.3 is 10.1 Å². The third kappa shape index (κ3) is 5.32. The molecule has 7 heteroatoms. The predicted octanol–water partition coefficient (Wildman–Crippen LogP) is 4.68. The van der Waals surface area contributed by atoms with E-state index in [2.05, 4.69) is 10.1 Å². The molecule has 142 valence electrons. The normalized spacial score (nSPS) is 13.1. The van der Waals surface area contributed by atoms with E-state index in [9.17, 15) is 22.8 Å². The quantitative estimate of drug-likeness (QED) is 0.744. The van der Waals surface area contributed by atoms with Gasteiger partial charge in [-0.05, 0) is 48.6 Å². The lowest BCUT2D eigenvalue weighted by Gasteiger charge is -2.10. The number of rotatable bonds is 6.